The highest BCUT2D eigenvalue weighted by Gasteiger charge is 1.99. The fourth-order valence-corrected chi connectivity index (χ4v) is 2.48. The molecule has 0 radical (unpaired) electrons. The summed E-state index contributed by atoms with van der Waals surface area (Å²) in [6, 6.07) is 10.1. The summed E-state index contributed by atoms with van der Waals surface area (Å²) in [5.41, 5.74) is 2.43. The van der Waals surface area contributed by atoms with Crippen LogP contribution >= 0.6 is 11.3 Å². The number of guanidine groups is 1. The van der Waals surface area contributed by atoms with E-state index in [2.05, 4.69) is 39.4 Å². The smallest absolute Gasteiger partial charge is 0.191 e. The number of nitrogens with zero attached hydrogens (tertiary/aromatic N) is 1. The number of nitrogens with one attached hydrogen (secondary N) is 2. The Morgan fingerprint density at radius 2 is 1.95 bits per heavy atom. The molecule has 1 aromatic carbocycles. The van der Waals surface area contributed by atoms with Gasteiger partial charge in [-0.25, -0.2) is 4.99 Å². The van der Waals surface area contributed by atoms with Crippen LogP contribution < -0.4 is 15.4 Å². The van der Waals surface area contributed by atoms with Gasteiger partial charge < -0.3 is 15.4 Å². The van der Waals surface area contributed by atoms with Gasteiger partial charge in [0, 0.05) is 13.1 Å². The first-order valence-electron chi connectivity index (χ1n) is 6.98. The van der Waals surface area contributed by atoms with Crippen molar-refractivity contribution in [2.45, 2.75) is 20.0 Å². The average Bonchev–Trinajstić information content (AvgIpc) is 3.04. The van der Waals surface area contributed by atoms with Gasteiger partial charge in [-0.05, 0) is 47.0 Å². The van der Waals surface area contributed by atoms with Gasteiger partial charge in [-0.1, -0.05) is 12.1 Å². The van der Waals surface area contributed by atoms with Crippen molar-refractivity contribution in [3.05, 3.63) is 52.2 Å². The van der Waals surface area contributed by atoms with Crippen LogP contribution in [0.25, 0.3) is 0 Å². The Morgan fingerprint density at radius 1 is 1.14 bits per heavy atom. The average molecular weight is 303 g/mol. The highest BCUT2D eigenvalue weighted by atomic mass is 32.1. The molecule has 2 aromatic rings. The number of hydrogen-bond acceptors (Lipinski definition) is 3. The first-order valence-corrected chi connectivity index (χ1v) is 7.92. The van der Waals surface area contributed by atoms with Gasteiger partial charge in [0.25, 0.3) is 0 Å². The van der Waals surface area contributed by atoms with Crippen LogP contribution in [-0.2, 0) is 13.1 Å². The highest BCUT2D eigenvalue weighted by molar-refractivity contribution is 7.07. The minimum absolute atomic E-state index is 0.696. The van der Waals surface area contributed by atoms with E-state index in [0.29, 0.717) is 6.54 Å². The maximum Gasteiger partial charge on any atom is 0.191 e. The van der Waals surface area contributed by atoms with Crippen molar-refractivity contribution in [2.24, 2.45) is 4.99 Å². The molecule has 0 atom stereocenters. The topological polar surface area (TPSA) is 45.7 Å². The van der Waals surface area contributed by atoms with E-state index in [4.69, 9.17) is 4.74 Å². The van der Waals surface area contributed by atoms with Gasteiger partial charge in [-0.15, -0.1) is 0 Å². The maximum atomic E-state index is 5.16. The number of rotatable bonds is 6. The van der Waals surface area contributed by atoms with Gasteiger partial charge in [-0.3, -0.25) is 0 Å². The molecular formula is C16H21N3OS. The van der Waals surface area contributed by atoms with Crippen molar-refractivity contribution < 1.29 is 4.74 Å². The van der Waals surface area contributed by atoms with Gasteiger partial charge in [0.15, 0.2) is 5.96 Å². The molecule has 0 bridgehead atoms. The van der Waals surface area contributed by atoms with E-state index in [1.807, 2.05) is 24.3 Å². The molecular weight excluding hydrogens is 282 g/mol. The Morgan fingerprint density at radius 3 is 2.57 bits per heavy atom. The van der Waals surface area contributed by atoms with Crippen molar-refractivity contribution in [1.29, 1.82) is 0 Å². The molecule has 0 spiro atoms. The second-order valence-corrected chi connectivity index (χ2v) is 5.31. The minimum atomic E-state index is 0.696. The summed E-state index contributed by atoms with van der Waals surface area (Å²) in [7, 11) is 1.67. The van der Waals surface area contributed by atoms with Crippen molar-refractivity contribution in [3.8, 4) is 5.75 Å². The molecule has 0 aliphatic carbocycles. The van der Waals surface area contributed by atoms with Crippen molar-refractivity contribution in [2.75, 3.05) is 13.7 Å². The standard InChI is InChI=1S/C16H21N3OS/c1-3-17-16(19-11-14-8-9-21-12-14)18-10-13-4-6-15(20-2)7-5-13/h4-9,12H,3,10-11H2,1-2H3,(H2,17,18,19). The summed E-state index contributed by atoms with van der Waals surface area (Å²) in [5.74, 6) is 1.70. The zero-order valence-electron chi connectivity index (χ0n) is 12.4. The molecule has 1 aromatic heterocycles. The van der Waals surface area contributed by atoms with Gasteiger partial charge in [0.1, 0.15) is 5.75 Å². The molecule has 0 unspecified atom stereocenters. The first-order chi connectivity index (χ1) is 10.3. The van der Waals surface area contributed by atoms with Gasteiger partial charge in [0.2, 0.25) is 0 Å². The maximum absolute atomic E-state index is 5.16. The first kappa shape index (κ1) is 15.4. The molecule has 2 N–H and O–H groups in total. The fraction of sp³-hybridized carbons (Fsp3) is 0.312. The van der Waals surface area contributed by atoms with Gasteiger partial charge in [-0.2, -0.15) is 11.3 Å². The normalized spacial score (nSPS) is 11.2. The van der Waals surface area contributed by atoms with E-state index >= 15 is 0 Å². The lowest BCUT2D eigenvalue weighted by molar-refractivity contribution is 0.414. The molecule has 2 rings (SSSR count). The molecule has 4 nitrogen and oxygen atoms in total. The number of hydrogen-bond donors (Lipinski definition) is 2. The predicted octanol–water partition coefficient (Wildman–Crippen LogP) is 3.01. The van der Waals surface area contributed by atoms with E-state index < -0.39 is 0 Å². The van der Waals surface area contributed by atoms with Crippen LogP contribution in [0.2, 0.25) is 0 Å². The van der Waals surface area contributed by atoms with E-state index in [9.17, 15) is 0 Å². The van der Waals surface area contributed by atoms with Crippen LogP contribution in [0.4, 0.5) is 0 Å². The lowest BCUT2D eigenvalue weighted by Gasteiger charge is -2.11. The summed E-state index contributed by atoms with van der Waals surface area (Å²) in [5, 5.41) is 10.8. The van der Waals surface area contributed by atoms with Crippen molar-refractivity contribution in [1.82, 2.24) is 10.6 Å². The Hall–Kier alpha value is -2.01. The molecule has 0 aliphatic rings. The molecule has 0 saturated heterocycles. The van der Waals surface area contributed by atoms with Crippen LogP contribution in [0.5, 0.6) is 5.75 Å². The Balaban J connectivity index is 1.90. The van der Waals surface area contributed by atoms with E-state index in [0.717, 1.165) is 24.8 Å². The zero-order chi connectivity index (χ0) is 14.9. The van der Waals surface area contributed by atoms with Crippen molar-refractivity contribution in [3.63, 3.8) is 0 Å². The summed E-state index contributed by atoms with van der Waals surface area (Å²) in [4.78, 5) is 4.58. The summed E-state index contributed by atoms with van der Waals surface area (Å²) < 4.78 is 5.16. The second kappa shape index (κ2) is 8.32. The SMILES string of the molecule is CCNC(=NCc1ccsc1)NCc1ccc(OC)cc1. The summed E-state index contributed by atoms with van der Waals surface area (Å²) >= 11 is 1.70. The molecule has 5 heteroatoms. The fourth-order valence-electron chi connectivity index (χ4n) is 1.82. The molecule has 0 amide bonds. The van der Waals surface area contributed by atoms with E-state index in [-0.39, 0.29) is 0 Å². The van der Waals surface area contributed by atoms with Crippen molar-refractivity contribution >= 4 is 17.3 Å². The quantitative estimate of drug-likeness (QED) is 0.637. The molecule has 0 fully saturated rings. The Bertz CT molecular complexity index is 549. The highest BCUT2D eigenvalue weighted by Crippen LogP contribution is 2.11. The van der Waals surface area contributed by atoms with Crippen LogP contribution in [-0.4, -0.2) is 19.6 Å². The van der Waals surface area contributed by atoms with Crippen LogP contribution in [0.3, 0.4) is 0 Å². The van der Waals surface area contributed by atoms with E-state index in [1.165, 1.54) is 11.1 Å². The minimum Gasteiger partial charge on any atom is -0.497 e. The Kier molecular flexibility index (Phi) is 6.09. The molecule has 0 aliphatic heterocycles. The molecule has 112 valence electrons. The number of benzene rings is 1. The predicted molar refractivity (Wildman–Crippen MR) is 89.0 cm³/mol. The number of aliphatic imine (C=N–C) groups is 1. The monoisotopic (exact) mass is 303 g/mol. The van der Waals surface area contributed by atoms with Crippen LogP contribution in [0, 0.1) is 0 Å². The summed E-state index contributed by atoms with van der Waals surface area (Å²) in [6.07, 6.45) is 0. The lowest BCUT2D eigenvalue weighted by Crippen LogP contribution is -2.36. The van der Waals surface area contributed by atoms with Crippen LogP contribution in [0.1, 0.15) is 18.1 Å². The van der Waals surface area contributed by atoms with Gasteiger partial charge in [0.05, 0.1) is 13.7 Å². The molecule has 0 saturated carbocycles. The lowest BCUT2D eigenvalue weighted by atomic mass is 10.2. The second-order valence-electron chi connectivity index (χ2n) is 4.53. The van der Waals surface area contributed by atoms with E-state index in [1.54, 1.807) is 18.4 Å². The van der Waals surface area contributed by atoms with Crippen LogP contribution in [0.15, 0.2) is 46.1 Å². The number of methoxy groups -OCH3 is 1. The third-order valence-corrected chi connectivity index (χ3v) is 3.70. The largest absolute Gasteiger partial charge is 0.497 e. The van der Waals surface area contributed by atoms with Gasteiger partial charge >= 0.3 is 0 Å². The third-order valence-electron chi connectivity index (χ3n) is 2.96. The zero-order valence-corrected chi connectivity index (χ0v) is 13.2. The number of thiophene rings is 1. The third kappa shape index (κ3) is 5.11. The molecule has 1 heterocycles. The summed E-state index contributed by atoms with van der Waals surface area (Å²) in [6.45, 7) is 4.34. The molecule has 21 heavy (non-hydrogen) atoms. The number of ether oxygens (including phenoxy) is 1. The Labute approximate surface area is 129 Å².